The van der Waals surface area contributed by atoms with Crippen LogP contribution in [0.5, 0.6) is 0 Å². The summed E-state index contributed by atoms with van der Waals surface area (Å²) in [6.45, 7) is 1.88. The summed E-state index contributed by atoms with van der Waals surface area (Å²) in [4.78, 5) is 10.6. The molecule has 0 saturated carbocycles. The van der Waals surface area contributed by atoms with E-state index in [-0.39, 0.29) is 6.61 Å². The van der Waals surface area contributed by atoms with E-state index < -0.39 is 22.5 Å². The van der Waals surface area contributed by atoms with Gasteiger partial charge in [-0.05, 0) is 24.6 Å². The van der Waals surface area contributed by atoms with Gasteiger partial charge in [0.05, 0.1) is 12.2 Å². The molecule has 0 unspecified atom stereocenters. The molecule has 0 heterocycles. The van der Waals surface area contributed by atoms with Crippen molar-refractivity contribution in [1.29, 1.82) is 0 Å². The van der Waals surface area contributed by atoms with Crippen LogP contribution in [-0.2, 0) is 15.7 Å². The number of carbonyl (C=O) groups excluding carboxylic acids is 1. The third-order valence-corrected chi connectivity index (χ3v) is 2.93. The summed E-state index contributed by atoms with van der Waals surface area (Å²) in [5.74, 6) is -0.521. The summed E-state index contributed by atoms with van der Waals surface area (Å²) >= 11 is 3.07. The van der Waals surface area contributed by atoms with Crippen LogP contribution in [0.1, 0.15) is 22.9 Å². The van der Waals surface area contributed by atoms with Gasteiger partial charge in [-0.1, -0.05) is 28.1 Å². The molecule has 0 aliphatic carbocycles. The smallest absolute Gasteiger partial charge is 0.416 e. The molecule has 0 aliphatic rings. The minimum absolute atomic E-state index is 0.224. The first kappa shape index (κ1) is 14.0. The van der Waals surface area contributed by atoms with Crippen LogP contribution in [0.3, 0.4) is 0 Å². The van der Waals surface area contributed by atoms with Gasteiger partial charge in [0.15, 0.2) is 0 Å². The molecule has 0 radical (unpaired) electrons. The van der Waals surface area contributed by atoms with Crippen LogP contribution >= 0.6 is 15.9 Å². The maximum atomic E-state index is 12.3. The van der Waals surface area contributed by atoms with Gasteiger partial charge in [-0.15, -0.1) is 0 Å². The van der Waals surface area contributed by atoms with Gasteiger partial charge in [-0.3, -0.25) is 4.79 Å². The third-order valence-electron chi connectivity index (χ3n) is 2.02. The maximum absolute atomic E-state index is 12.3. The van der Waals surface area contributed by atoms with Crippen molar-refractivity contribution in [3.8, 4) is 0 Å². The number of halogens is 4. The van der Waals surface area contributed by atoms with E-state index in [1.165, 1.54) is 12.1 Å². The molecule has 0 bridgehead atoms. The summed E-state index contributed by atoms with van der Waals surface area (Å²) < 4.78 is 41.6. The highest BCUT2D eigenvalue weighted by molar-refractivity contribution is 9.09. The van der Waals surface area contributed by atoms with Gasteiger partial charge >= 0.3 is 12.1 Å². The number of carbonyl (C=O) groups is 1. The minimum atomic E-state index is -4.37. The number of alkyl halides is 4. The van der Waals surface area contributed by atoms with E-state index in [9.17, 15) is 18.0 Å². The van der Waals surface area contributed by atoms with Crippen molar-refractivity contribution in [2.24, 2.45) is 0 Å². The van der Waals surface area contributed by atoms with Crippen molar-refractivity contribution in [2.45, 2.75) is 17.9 Å². The van der Waals surface area contributed by atoms with Crippen LogP contribution in [0.4, 0.5) is 13.2 Å². The molecule has 1 rings (SSSR count). The molecule has 94 valence electrons. The van der Waals surface area contributed by atoms with Crippen LogP contribution < -0.4 is 0 Å². The lowest BCUT2D eigenvalue weighted by Gasteiger charge is -2.11. The number of hydrogen-bond donors (Lipinski definition) is 0. The average Bonchev–Trinajstić information content (AvgIpc) is 2.27. The Hall–Kier alpha value is -1.04. The van der Waals surface area contributed by atoms with Gasteiger partial charge in [-0.2, -0.15) is 13.2 Å². The normalized spacial score (nSPS) is 13.2. The van der Waals surface area contributed by atoms with Gasteiger partial charge in [0.1, 0.15) is 4.83 Å². The molecule has 1 aromatic carbocycles. The SMILES string of the molecule is CCOC(=O)[C@H](Br)c1ccc(C(F)(F)F)cc1. The predicted octanol–water partition coefficient (Wildman–Crippen LogP) is 3.70. The van der Waals surface area contributed by atoms with Crippen molar-refractivity contribution in [3.63, 3.8) is 0 Å². The Balaban J connectivity index is 2.84. The van der Waals surface area contributed by atoms with Gasteiger partial charge in [0.2, 0.25) is 0 Å². The zero-order valence-corrected chi connectivity index (χ0v) is 10.5. The average molecular weight is 311 g/mol. The number of hydrogen-bond acceptors (Lipinski definition) is 2. The first-order valence-electron chi connectivity index (χ1n) is 4.84. The zero-order chi connectivity index (χ0) is 13.1. The van der Waals surface area contributed by atoms with E-state index in [2.05, 4.69) is 15.9 Å². The molecule has 0 fully saturated rings. The summed E-state index contributed by atoms with van der Waals surface area (Å²) in [5.41, 5.74) is -0.318. The van der Waals surface area contributed by atoms with E-state index >= 15 is 0 Å². The van der Waals surface area contributed by atoms with E-state index in [0.29, 0.717) is 5.56 Å². The number of esters is 1. The number of rotatable bonds is 3. The molecule has 0 spiro atoms. The molecule has 17 heavy (non-hydrogen) atoms. The van der Waals surface area contributed by atoms with Crippen LogP contribution in [0, 0.1) is 0 Å². The van der Waals surface area contributed by atoms with Crippen molar-refractivity contribution >= 4 is 21.9 Å². The molecule has 2 nitrogen and oxygen atoms in total. The molecule has 1 atom stereocenters. The number of ether oxygens (including phenoxy) is 1. The van der Waals surface area contributed by atoms with Crippen LogP contribution in [0.15, 0.2) is 24.3 Å². The third kappa shape index (κ3) is 3.73. The Morgan fingerprint density at radius 1 is 1.35 bits per heavy atom. The highest BCUT2D eigenvalue weighted by atomic mass is 79.9. The molecular weight excluding hydrogens is 301 g/mol. The second-order valence-electron chi connectivity index (χ2n) is 3.23. The predicted molar refractivity (Wildman–Crippen MR) is 59.7 cm³/mol. The fourth-order valence-corrected chi connectivity index (χ4v) is 1.63. The largest absolute Gasteiger partial charge is 0.465 e. The minimum Gasteiger partial charge on any atom is -0.465 e. The topological polar surface area (TPSA) is 26.3 Å². The fraction of sp³-hybridized carbons (Fsp3) is 0.364. The van der Waals surface area contributed by atoms with E-state index in [1.54, 1.807) is 6.92 Å². The molecule has 0 saturated heterocycles. The van der Waals surface area contributed by atoms with Crippen molar-refractivity contribution in [3.05, 3.63) is 35.4 Å². The van der Waals surface area contributed by atoms with Crippen LogP contribution in [0.25, 0.3) is 0 Å². The Morgan fingerprint density at radius 3 is 2.29 bits per heavy atom. The van der Waals surface area contributed by atoms with Gasteiger partial charge in [-0.25, -0.2) is 0 Å². The first-order chi connectivity index (χ1) is 7.86. The van der Waals surface area contributed by atoms with Gasteiger partial charge < -0.3 is 4.74 Å². The standard InChI is InChI=1S/C11H10BrF3O2/c1-2-17-10(16)9(12)7-3-5-8(6-4-7)11(13,14)15/h3-6,9H,2H2,1H3/t9-/m1/s1. The maximum Gasteiger partial charge on any atom is 0.416 e. The summed E-state index contributed by atoms with van der Waals surface area (Å²) in [6.07, 6.45) is -4.37. The van der Waals surface area contributed by atoms with Crippen LogP contribution in [0.2, 0.25) is 0 Å². The highest BCUT2D eigenvalue weighted by Crippen LogP contribution is 2.31. The van der Waals surface area contributed by atoms with E-state index in [1.807, 2.05) is 0 Å². The first-order valence-corrected chi connectivity index (χ1v) is 5.75. The van der Waals surface area contributed by atoms with Gasteiger partial charge in [0.25, 0.3) is 0 Å². The molecule has 0 amide bonds. The summed E-state index contributed by atoms with van der Waals surface area (Å²) in [5, 5.41) is 0. The Bertz CT molecular complexity index is 387. The van der Waals surface area contributed by atoms with E-state index in [4.69, 9.17) is 4.74 Å². The lowest BCUT2D eigenvalue weighted by atomic mass is 10.1. The zero-order valence-electron chi connectivity index (χ0n) is 8.92. The molecule has 1 aromatic rings. The quantitative estimate of drug-likeness (QED) is 0.628. The van der Waals surface area contributed by atoms with Gasteiger partial charge in [0, 0.05) is 0 Å². The summed E-state index contributed by atoms with van der Waals surface area (Å²) in [6, 6.07) is 4.37. The number of benzene rings is 1. The molecule has 0 aromatic heterocycles. The van der Waals surface area contributed by atoms with Crippen LogP contribution in [-0.4, -0.2) is 12.6 Å². The fourth-order valence-electron chi connectivity index (χ4n) is 1.19. The molecular formula is C11H10BrF3O2. The van der Waals surface area contributed by atoms with Crippen molar-refractivity contribution < 1.29 is 22.7 Å². The second-order valence-corrected chi connectivity index (χ2v) is 4.15. The highest BCUT2D eigenvalue weighted by Gasteiger charge is 2.30. The Labute approximate surface area is 105 Å². The van der Waals surface area contributed by atoms with E-state index in [0.717, 1.165) is 12.1 Å². The molecule has 6 heteroatoms. The van der Waals surface area contributed by atoms with Crippen molar-refractivity contribution in [2.75, 3.05) is 6.61 Å². The van der Waals surface area contributed by atoms with Crippen molar-refractivity contribution in [1.82, 2.24) is 0 Å². The Morgan fingerprint density at radius 2 is 1.88 bits per heavy atom. The Kier molecular flexibility index (Phi) is 4.56. The second kappa shape index (κ2) is 5.53. The molecule has 0 aliphatic heterocycles. The molecule has 0 N–H and O–H groups in total. The lowest BCUT2D eigenvalue weighted by Crippen LogP contribution is -2.11. The monoisotopic (exact) mass is 310 g/mol. The summed E-state index contributed by atoms with van der Waals surface area (Å²) in [7, 11) is 0. The lowest BCUT2D eigenvalue weighted by molar-refractivity contribution is -0.142.